The molecular weight excluding hydrogens is 352 g/mol. The highest BCUT2D eigenvalue weighted by Gasteiger charge is 1.61. The van der Waals surface area contributed by atoms with Gasteiger partial charge in [-0.25, -0.2) is 0 Å². The Morgan fingerprint density at radius 2 is 0.862 bits per heavy atom. The molecule has 0 saturated carbocycles. The minimum atomic E-state index is 0.630. The minimum absolute atomic E-state index is 0.630. The highest BCUT2D eigenvalue weighted by molar-refractivity contribution is 5.77. The van der Waals surface area contributed by atoms with Crippen LogP contribution >= 0.6 is 0 Å². The summed E-state index contributed by atoms with van der Waals surface area (Å²) in [7, 11) is 1.66. The summed E-state index contributed by atoms with van der Waals surface area (Å²) in [5.41, 5.74) is 5.04. The normalized spacial score (nSPS) is 5.97. The fraction of sp³-hybridized carbons (Fsp3) is 0.741. The lowest BCUT2D eigenvalue weighted by Gasteiger charge is -1.76. The molecule has 2 N–H and O–H groups in total. The second-order valence-corrected chi connectivity index (χ2v) is 3.15. The van der Waals surface area contributed by atoms with Gasteiger partial charge < -0.3 is 5.73 Å². The van der Waals surface area contributed by atoms with Crippen molar-refractivity contribution in [2.24, 2.45) is 10.7 Å². The van der Waals surface area contributed by atoms with E-state index in [1.807, 2.05) is 116 Å². The van der Waals surface area contributed by atoms with Crippen LogP contribution in [0.4, 0.5) is 0 Å². The molecule has 0 aliphatic rings. The Hall–Kier alpha value is -1.49. The Bertz CT molecular complexity index is 215. The van der Waals surface area contributed by atoms with Gasteiger partial charge in [0, 0.05) is 7.05 Å². The third-order valence-corrected chi connectivity index (χ3v) is 0.936. The van der Waals surface area contributed by atoms with Crippen molar-refractivity contribution in [3.63, 3.8) is 0 Å². The number of amidine groups is 1. The van der Waals surface area contributed by atoms with Crippen molar-refractivity contribution < 1.29 is 0 Å². The molecule has 0 atom stereocenters. The predicted octanol–water partition coefficient (Wildman–Crippen LogP) is 10.3. The van der Waals surface area contributed by atoms with E-state index in [0.29, 0.717) is 5.84 Å². The quantitative estimate of drug-likeness (QED) is 0.180. The Morgan fingerprint density at radius 1 is 0.759 bits per heavy atom. The molecule has 0 amide bonds. The molecule has 0 aromatic heterocycles. The van der Waals surface area contributed by atoms with E-state index in [1.165, 1.54) is 6.42 Å². The van der Waals surface area contributed by atoms with Gasteiger partial charge in [0.25, 0.3) is 0 Å². The highest BCUT2D eigenvalue weighted by Crippen LogP contribution is 1.57. The lowest BCUT2D eigenvalue weighted by molar-refractivity contribution is 1.09. The summed E-state index contributed by atoms with van der Waals surface area (Å²) in [5.74, 6) is 5.99. The van der Waals surface area contributed by atoms with Crippen molar-refractivity contribution in [3.8, 4) is 11.8 Å². The Morgan fingerprint density at radius 3 is 0.862 bits per heavy atom. The van der Waals surface area contributed by atoms with E-state index >= 15 is 0 Å². The average molecular weight is 419 g/mol. The summed E-state index contributed by atoms with van der Waals surface area (Å²) in [4.78, 5) is 3.58. The molecule has 0 saturated heterocycles. The smallest absolute Gasteiger partial charge is 0.0902 e. The lowest BCUT2D eigenvalue weighted by atomic mass is 10.6. The van der Waals surface area contributed by atoms with Gasteiger partial charge >= 0.3 is 0 Å². The molecule has 184 valence electrons. The third-order valence-electron chi connectivity index (χ3n) is 0.936. The maximum absolute atomic E-state index is 5.04. The van der Waals surface area contributed by atoms with Gasteiger partial charge in [-0.05, 0) is 41.5 Å². The van der Waals surface area contributed by atoms with Crippen LogP contribution in [0.3, 0.4) is 0 Å². The molecule has 29 heavy (non-hydrogen) atoms. The number of hydrogen-bond donors (Lipinski definition) is 1. The molecular formula is C27H66N2. The van der Waals surface area contributed by atoms with Crippen molar-refractivity contribution in [1.29, 1.82) is 0 Å². The van der Waals surface area contributed by atoms with Crippen molar-refractivity contribution in [1.82, 2.24) is 0 Å². The minimum Gasteiger partial charge on any atom is -0.388 e. The van der Waals surface area contributed by atoms with Crippen LogP contribution in [0, 0.1) is 11.8 Å². The average Bonchev–Trinajstić information content (AvgIpc) is 2.82. The molecule has 0 rings (SSSR count). The molecule has 0 aliphatic heterocycles. The van der Waals surface area contributed by atoms with Crippen molar-refractivity contribution in [2.45, 2.75) is 131 Å². The SMILES string of the molecule is C/C=C/C.C=CC.CC.CC.CC.CC.CC.CC#CC.CCC.CN=C(C)N. The molecule has 2 heteroatoms. The largest absolute Gasteiger partial charge is 0.388 e. The standard InChI is InChI=1S/C4H8.C4H6.C3H8N2.C3H8.C3H6.5C2H6/c2*1-3-4-2;1-3(4)5-2;2*1-3-2;5*1-2/h3-4H,1-2H3;1-2H3;1-2H3,(H2,4,5);3H2,1-2H3;3H,1H2,2H3;5*1-2H3/b4-3+;;;;;;;;;. The predicted molar refractivity (Wildman–Crippen MR) is 151 cm³/mol. The van der Waals surface area contributed by atoms with E-state index in [1.54, 1.807) is 20.0 Å². The summed E-state index contributed by atoms with van der Waals surface area (Å²) >= 11 is 0. The molecule has 0 radical (unpaired) electrons. The summed E-state index contributed by atoms with van der Waals surface area (Å²) in [5, 5.41) is 0. The van der Waals surface area contributed by atoms with E-state index in [2.05, 4.69) is 37.3 Å². The molecule has 0 aromatic rings. The maximum atomic E-state index is 5.04. The zero-order valence-electron chi connectivity index (χ0n) is 24.7. The summed E-state index contributed by atoms with van der Waals surface area (Å²) in [6.07, 6.45) is 7.00. The van der Waals surface area contributed by atoms with Crippen molar-refractivity contribution >= 4 is 5.84 Å². The van der Waals surface area contributed by atoms with Crippen LogP contribution in [-0.2, 0) is 0 Å². The maximum Gasteiger partial charge on any atom is 0.0902 e. The molecule has 0 bridgehead atoms. The van der Waals surface area contributed by atoms with Gasteiger partial charge in [0.2, 0.25) is 0 Å². The van der Waals surface area contributed by atoms with Crippen LogP contribution in [0.5, 0.6) is 0 Å². The van der Waals surface area contributed by atoms with Crippen molar-refractivity contribution in [2.75, 3.05) is 7.05 Å². The number of nitrogens with two attached hydrogens (primary N) is 1. The first-order valence-electron chi connectivity index (χ1n) is 11.6. The second kappa shape index (κ2) is 238. The Kier molecular flexibility index (Phi) is 518. The van der Waals surface area contributed by atoms with Gasteiger partial charge in [-0.15, -0.1) is 18.4 Å². The lowest BCUT2D eigenvalue weighted by Crippen LogP contribution is -2.03. The van der Waals surface area contributed by atoms with Crippen LogP contribution in [0.1, 0.15) is 131 Å². The summed E-state index contributed by atoms with van der Waals surface area (Å²) in [6, 6.07) is 0. The van der Waals surface area contributed by atoms with Gasteiger partial charge in [-0.1, -0.05) is 108 Å². The van der Waals surface area contributed by atoms with E-state index in [9.17, 15) is 0 Å². The summed E-state index contributed by atoms with van der Waals surface area (Å²) in [6.45, 7) is 38.9. The first-order valence-corrected chi connectivity index (χ1v) is 11.6. The van der Waals surface area contributed by atoms with Gasteiger partial charge in [0.1, 0.15) is 0 Å². The van der Waals surface area contributed by atoms with Crippen LogP contribution in [0.2, 0.25) is 0 Å². The first-order chi connectivity index (χ1) is 13.9. The van der Waals surface area contributed by atoms with Crippen LogP contribution in [0.25, 0.3) is 0 Å². The number of rotatable bonds is 0. The van der Waals surface area contributed by atoms with E-state index in [0.717, 1.165) is 0 Å². The fourth-order valence-electron chi connectivity index (χ4n) is 0. The highest BCUT2D eigenvalue weighted by atomic mass is 14.8. The molecule has 2 nitrogen and oxygen atoms in total. The van der Waals surface area contributed by atoms with Crippen LogP contribution in [-0.4, -0.2) is 12.9 Å². The topological polar surface area (TPSA) is 38.4 Å². The van der Waals surface area contributed by atoms with E-state index in [-0.39, 0.29) is 0 Å². The molecule has 0 fully saturated rings. The van der Waals surface area contributed by atoms with Crippen LogP contribution < -0.4 is 5.73 Å². The van der Waals surface area contributed by atoms with Gasteiger partial charge in [-0.3, -0.25) is 4.99 Å². The van der Waals surface area contributed by atoms with E-state index in [4.69, 9.17) is 5.73 Å². The summed E-state index contributed by atoms with van der Waals surface area (Å²) < 4.78 is 0. The third kappa shape index (κ3) is 2530. The van der Waals surface area contributed by atoms with Gasteiger partial charge in [0.05, 0.1) is 5.84 Å². The number of aliphatic imine (C=N–C) groups is 1. The second-order valence-electron chi connectivity index (χ2n) is 3.15. The number of allylic oxidation sites excluding steroid dienone is 3. The van der Waals surface area contributed by atoms with Gasteiger partial charge in [0.15, 0.2) is 0 Å². The van der Waals surface area contributed by atoms with E-state index < -0.39 is 0 Å². The molecule has 0 aromatic carbocycles. The monoisotopic (exact) mass is 419 g/mol. The fourth-order valence-corrected chi connectivity index (χ4v) is 0. The number of nitrogens with zero attached hydrogens (tertiary/aromatic N) is 1. The zero-order valence-corrected chi connectivity index (χ0v) is 24.7. The van der Waals surface area contributed by atoms with Crippen molar-refractivity contribution in [3.05, 3.63) is 24.8 Å². The molecule has 0 heterocycles. The number of hydrogen-bond acceptors (Lipinski definition) is 1. The molecule has 0 aliphatic carbocycles. The van der Waals surface area contributed by atoms with Gasteiger partial charge in [-0.2, -0.15) is 0 Å². The molecule has 0 unspecified atom stereocenters. The molecule has 0 spiro atoms. The first kappa shape index (κ1) is 63.1. The zero-order chi connectivity index (χ0) is 26.5. The Labute approximate surface area is 191 Å². The Balaban J connectivity index is -0.0000000177. The van der Waals surface area contributed by atoms with Crippen LogP contribution in [0.15, 0.2) is 29.8 Å².